The molecule has 0 amide bonds. The van der Waals surface area contributed by atoms with Crippen LogP contribution in [-0.2, 0) is 21.4 Å². The Bertz CT molecular complexity index is 1110. The van der Waals surface area contributed by atoms with E-state index in [4.69, 9.17) is 9.47 Å². The molecule has 2 N–H and O–H groups in total. The zero-order chi connectivity index (χ0) is 22.3. The average molecular weight is 447 g/mol. The smallest absolute Gasteiger partial charge is 0.303 e. The predicted octanol–water partition coefficient (Wildman–Crippen LogP) is 2.75. The number of hydrogen-bond acceptors (Lipinski definition) is 4. The summed E-state index contributed by atoms with van der Waals surface area (Å²) in [5.74, 6) is 2.06. The molecule has 2 aromatic rings. The van der Waals surface area contributed by atoms with Crippen molar-refractivity contribution in [3.05, 3.63) is 59.2 Å². The summed E-state index contributed by atoms with van der Waals surface area (Å²) >= 11 is 0. The van der Waals surface area contributed by atoms with E-state index >= 15 is 0 Å². The van der Waals surface area contributed by atoms with Crippen molar-refractivity contribution in [2.75, 3.05) is 13.1 Å². The molecule has 1 saturated heterocycles. The van der Waals surface area contributed by atoms with Crippen molar-refractivity contribution in [1.29, 1.82) is 0 Å². The largest absolute Gasteiger partial charge is 0.504 e. The first-order chi connectivity index (χ1) is 16.1. The first-order valence-electron chi connectivity index (χ1n) is 12.6. The minimum atomic E-state index is -0.357. The summed E-state index contributed by atoms with van der Waals surface area (Å²) in [6, 6.07) is 15.0. The molecule has 2 saturated carbocycles. The van der Waals surface area contributed by atoms with Gasteiger partial charge in [-0.2, -0.15) is 0 Å². The van der Waals surface area contributed by atoms with E-state index in [1.54, 1.807) is 11.0 Å². The first-order valence-corrected chi connectivity index (χ1v) is 12.6. The highest BCUT2D eigenvalue weighted by Crippen LogP contribution is 2.64. The number of rotatable bonds is 4. The first kappa shape index (κ1) is 19.9. The quantitative estimate of drug-likeness (QED) is 0.709. The Balaban J connectivity index is 1.40. The molecule has 0 radical (unpaired) electrons. The van der Waals surface area contributed by atoms with Gasteiger partial charge in [-0.3, -0.25) is 4.79 Å². The number of phenols is 1. The number of carbonyl (C=O) groups is 1. The highest BCUT2D eigenvalue weighted by Gasteiger charge is 2.70. The molecule has 33 heavy (non-hydrogen) atoms. The van der Waals surface area contributed by atoms with Gasteiger partial charge in [0.05, 0.1) is 24.5 Å². The monoisotopic (exact) mass is 446 g/mol. The molecule has 1 unspecified atom stereocenters. The third kappa shape index (κ3) is 2.78. The van der Waals surface area contributed by atoms with Crippen LogP contribution in [0, 0.1) is 11.8 Å². The summed E-state index contributed by atoms with van der Waals surface area (Å²) in [6.45, 7) is 3.92. The van der Waals surface area contributed by atoms with Crippen LogP contribution >= 0.6 is 0 Å². The lowest BCUT2D eigenvalue weighted by Gasteiger charge is -2.59. The Kier molecular flexibility index (Phi) is 4.21. The van der Waals surface area contributed by atoms with Crippen LogP contribution in [0.25, 0.3) is 0 Å². The molecule has 2 bridgehead atoms. The molecular formula is C28H32NO4+. The highest BCUT2D eigenvalue weighted by molar-refractivity contribution is 5.67. The van der Waals surface area contributed by atoms with Crippen molar-refractivity contribution in [3.63, 3.8) is 0 Å². The maximum absolute atomic E-state index is 12.3. The molecule has 5 aliphatic rings. The van der Waals surface area contributed by atoms with Crippen molar-refractivity contribution >= 4 is 5.97 Å². The number of aromatic hydroxyl groups is 1. The average Bonchev–Trinajstić information content (AvgIpc) is 3.56. The molecule has 172 valence electrons. The lowest BCUT2D eigenvalue weighted by atomic mass is 9.49. The van der Waals surface area contributed by atoms with Crippen LogP contribution in [-0.4, -0.2) is 42.4 Å². The normalized spacial score (nSPS) is 37.7. The Labute approximate surface area is 194 Å². The van der Waals surface area contributed by atoms with E-state index < -0.39 is 0 Å². The second-order valence-corrected chi connectivity index (χ2v) is 11.1. The Morgan fingerprint density at radius 2 is 2.03 bits per heavy atom. The van der Waals surface area contributed by atoms with Crippen LogP contribution < -0.4 is 9.64 Å². The molecule has 0 aromatic heterocycles. The minimum Gasteiger partial charge on any atom is -0.504 e. The zero-order valence-corrected chi connectivity index (χ0v) is 19.1. The van der Waals surface area contributed by atoms with Crippen molar-refractivity contribution < 1.29 is 24.3 Å². The molecule has 1 spiro atoms. The number of hydrogen-bond donors (Lipinski definition) is 2. The molecule has 5 nitrogen and oxygen atoms in total. The summed E-state index contributed by atoms with van der Waals surface area (Å²) in [7, 11) is 0. The van der Waals surface area contributed by atoms with E-state index in [-0.39, 0.29) is 35.3 Å². The van der Waals surface area contributed by atoms with Gasteiger partial charge in [-0.05, 0) is 36.5 Å². The van der Waals surface area contributed by atoms with Crippen LogP contribution in [0.15, 0.2) is 42.5 Å². The third-order valence-electron chi connectivity index (χ3n) is 9.39. The molecule has 3 fully saturated rings. The van der Waals surface area contributed by atoms with Crippen molar-refractivity contribution in [2.24, 2.45) is 11.8 Å². The molecule has 2 heterocycles. The van der Waals surface area contributed by atoms with Crippen LogP contribution in [0.4, 0.5) is 0 Å². The van der Waals surface area contributed by atoms with Gasteiger partial charge in [-0.1, -0.05) is 36.4 Å². The molecule has 7 rings (SSSR count). The van der Waals surface area contributed by atoms with Crippen molar-refractivity contribution in [3.8, 4) is 11.5 Å². The van der Waals surface area contributed by atoms with Gasteiger partial charge in [0, 0.05) is 43.1 Å². The molecule has 5 heteroatoms. The van der Waals surface area contributed by atoms with E-state index in [1.165, 1.54) is 43.0 Å². The minimum absolute atomic E-state index is 0.0963. The maximum Gasteiger partial charge on any atom is 0.303 e. The van der Waals surface area contributed by atoms with Crippen LogP contribution in [0.2, 0.25) is 0 Å². The highest BCUT2D eigenvalue weighted by atomic mass is 16.6. The molecule has 2 aliphatic heterocycles. The number of ether oxygens (including phenoxy) is 2. The number of piperidine rings is 1. The Morgan fingerprint density at radius 3 is 2.79 bits per heavy atom. The van der Waals surface area contributed by atoms with E-state index in [1.807, 2.05) is 6.07 Å². The second-order valence-electron chi connectivity index (χ2n) is 11.1. The van der Waals surface area contributed by atoms with Gasteiger partial charge in [0.1, 0.15) is 12.2 Å². The molecule has 2 aromatic carbocycles. The number of carbonyl (C=O) groups excluding carboxylic acids is 1. The topological polar surface area (TPSA) is 60.2 Å². The second kappa shape index (κ2) is 6.99. The van der Waals surface area contributed by atoms with Crippen molar-refractivity contribution in [1.82, 2.24) is 0 Å². The molecule has 7 atom stereocenters. The van der Waals surface area contributed by atoms with Gasteiger partial charge in [0.2, 0.25) is 0 Å². The standard InChI is InChI=1S/C28H31NO4/c1-16(30)32-25-20(18-5-3-2-4-6-18)14-21-22-13-19-9-10-23(31)26-24(19)28(21,27(25)33-26)11-12-29(22)15-17-7-8-17/h2-6,9-10,17,20-22,25,27,31H,7-8,11-15H2,1H3/p+1/t20-,21+,22-,25+,27+,28+/m1/s1. The van der Waals surface area contributed by atoms with Gasteiger partial charge < -0.3 is 19.5 Å². The fourth-order valence-corrected chi connectivity index (χ4v) is 8.02. The fraction of sp³-hybridized carbons (Fsp3) is 0.536. The number of likely N-dealkylation sites (tertiary alicyclic amines) is 1. The van der Waals surface area contributed by atoms with Gasteiger partial charge in [-0.25, -0.2) is 0 Å². The SMILES string of the molecule is CC(=O)O[C@H]1[C@@H](c2ccccc2)C[C@H]2[C@H]3Cc4ccc(O)c5c4[C@@]2(CC[NH+]3CC2CC2)[C@H]1O5. The summed E-state index contributed by atoms with van der Waals surface area (Å²) in [4.78, 5) is 14.1. The Hall–Kier alpha value is -2.53. The molecule has 3 aliphatic carbocycles. The lowest BCUT2D eigenvalue weighted by Crippen LogP contribution is -3.19. The number of benzene rings is 2. The summed E-state index contributed by atoms with van der Waals surface area (Å²) in [5, 5.41) is 10.8. The van der Waals surface area contributed by atoms with Crippen LogP contribution in [0.5, 0.6) is 11.5 Å². The van der Waals surface area contributed by atoms with Gasteiger partial charge in [0.25, 0.3) is 0 Å². The predicted molar refractivity (Wildman–Crippen MR) is 123 cm³/mol. The van der Waals surface area contributed by atoms with Crippen LogP contribution in [0.1, 0.15) is 55.2 Å². The zero-order valence-electron chi connectivity index (χ0n) is 19.1. The summed E-state index contributed by atoms with van der Waals surface area (Å²) in [6.07, 6.45) is 5.23. The van der Waals surface area contributed by atoms with E-state index in [0.29, 0.717) is 17.7 Å². The number of esters is 1. The van der Waals surface area contributed by atoms with Gasteiger partial charge >= 0.3 is 5.97 Å². The summed E-state index contributed by atoms with van der Waals surface area (Å²) < 4.78 is 12.8. The number of phenolic OH excluding ortho intramolecular Hbond substituents is 1. The van der Waals surface area contributed by atoms with E-state index in [9.17, 15) is 9.90 Å². The van der Waals surface area contributed by atoms with E-state index in [2.05, 4.69) is 30.3 Å². The number of quaternary nitrogens is 1. The Morgan fingerprint density at radius 1 is 1.21 bits per heavy atom. The molecular weight excluding hydrogens is 414 g/mol. The fourth-order valence-electron chi connectivity index (χ4n) is 8.02. The van der Waals surface area contributed by atoms with Gasteiger partial charge in [0.15, 0.2) is 11.5 Å². The van der Waals surface area contributed by atoms with Crippen molar-refractivity contribution in [2.45, 2.75) is 68.6 Å². The maximum atomic E-state index is 12.3. The third-order valence-corrected chi connectivity index (χ3v) is 9.39. The summed E-state index contributed by atoms with van der Waals surface area (Å²) in [5.41, 5.74) is 3.60. The van der Waals surface area contributed by atoms with Gasteiger partial charge in [-0.15, -0.1) is 0 Å². The number of nitrogens with one attached hydrogen (secondary N) is 1. The van der Waals surface area contributed by atoms with E-state index in [0.717, 1.165) is 31.7 Å². The lowest BCUT2D eigenvalue weighted by molar-refractivity contribution is -0.939. The van der Waals surface area contributed by atoms with Crippen LogP contribution in [0.3, 0.4) is 0 Å².